The molecule has 4 heteroatoms. The van der Waals surface area contributed by atoms with Crippen molar-refractivity contribution in [1.29, 1.82) is 0 Å². The van der Waals surface area contributed by atoms with E-state index in [1.807, 2.05) is 13.0 Å². The van der Waals surface area contributed by atoms with E-state index >= 15 is 0 Å². The van der Waals surface area contributed by atoms with Crippen LogP contribution in [-0.2, 0) is 4.79 Å². The van der Waals surface area contributed by atoms with Crippen molar-refractivity contribution in [2.45, 2.75) is 20.3 Å². The number of anilines is 1. The van der Waals surface area contributed by atoms with Crippen molar-refractivity contribution in [3.63, 3.8) is 0 Å². The fraction of sp³-hybridized carbons (Fsp3) is 0.471. The van der Waals surface area contributed by atoms with Crippen LogP contribution in [0.25, 0.3) is 6.08 Å². The monoisotopic (exact) mass is 290 g/mol. The van der Waals surface area contributed by atoms with E-state index in [9.17, 15) is 4.79 Å². The summed E-state index contributed by atoms with van der Waals surface area (Å²) in [6.07, 6.45) is 3.93. The minimum atomic E-state index is -0.919. The second-order valence-electron chi connectivity index (χ2n) is 5.50. The summed E-state index contributed by atoms with van der Waals surface area (Å²) in [7, 11) is 4.16. The molecule has 116 valence electrons. The molecular weight excluding hydrogens is 264 g/mol. The molecule has 1 aromatic carbocycles. The van der Waals surface area contributed by atoms with Gasteiger partial charge in [0.05, 0.1) is 0 Å². The molecule has 0 aromatic heterocycles. The average Bonchev–Trinajstić information content (AvgIpc) is 2.41. The van der Waals surface area contributed by atoms with Gasteiger partial charge in [0.25, 0.3) is 0 Å². The van der Waals surface area contributed by atoms with E-state index in [4.69, 9.17) is 5.11 Å². The molecule has 0 radical (unpaired) electrons. The number of carbonyl (C=O) groups is 1. The van der Waals surface area contributed by atoms with Gasteiger partial charge in [-0.05, 0) is 56.8 Å². The summed E-state index contributed by atoms with van der Waals surface area (Å²) in [6.45, 7) is 7.22. The van der Waals surface area contributed by atoms with Crippen molar-refractivity contribution in [3.05, 3.63) is 35.4 Å². The third kappa shape index (κ3) is 6.00. The fourth-order valence-corrected chi connectivity index (χ4v) is 2.17. The molecule has 0 saturated heterocycles. The number of aliphatic carboxylic acids is 1. The molecule has 4 nitrogen and oxygen atoms in total. The second kappa shape index (κ2) is 8.47. The van der Waals surface area contributed by atoms with Gasteiger partial charge in [0, 0.05) is 31.4 Å². The highest BCUT2D eigenvalue weighted by Crippen LogP contribution is 2.20. The summed E-state index contributed by atoms with van der Waals surface area (Å²) in [5, 5.41) is 8.70. The van der Waals surface area contributed by atoms with Crippen LogP contribution in [0.3, 0.4) is 0 Å². The SMILES string of the molecule is CCCN(CCN(C)C)c1ccc(C=CC(=O)O)c(C)c1. The van der Waals surface area contributed by atoms with Crippen LogP contribution in [0.15, 0.2) is 24.3 Å². The molecule has 0 aliphatic rings. The Morgan fingerprint density at radius 2 is 1.95 bits per heavy atom. The molecule has 0 fully saturated rings. The van der Waals surface area contributed by atoms with Crippen molar-refractivity contribution in [3.8, 4) is 0 Å². The zero-order valence-electron chi connectivity index (χ0n) is 13.5. The van der Waals surface area contributed by atoms with Gasteiger partial charge < -0.3 is 14.9 Å². The number of aryl methyl sites for hydroxylation is 1. The van der Waals surface area contributed by atoms with E-state index in [2.05, 4.69) is 43.0 Å². The number of carboxylic acid groups (broad SMARTS) is 1. The van der Waals surface area contributed by atoms with Gasteiger partial charge >= 0.3 is 5.97 Å². The third-order valence-electron chi connectivity index (χ3n) is 3.33. The molecule has 1 N–H and O–H groups in total. The lowest BCUT2D eigenvalue weighted by molar-refractivity contribution is -0.131. The van der Waals surface area contributed by atoms with Crippen LogP contribution in [0, 0.1) is 6.92 Å². The maximum Gasteiger partial charge on any atom is 0.328 e. The lowest BCUT2D eigenvalue weighted by Crippen LogP contribution is -2.32. The van der Waals surface area contributed by atoms with E-state index in [0.717, 1.165) is 37.2 Å². The van der Waals surface area contributed by atoms with Gasteiger partial charge in [-0.3, -0.25) is 0 Å². The maximum absolute atomic E-state index is 10.6. The van der Waals surface area contributed by atoms with Crippen molar-refractivity contribution in [2.24, 2.45) is 0 Å². The molecule has 0 bridgehead atoms. The Kier molecular flexibility index (Phi) is 6.96. The molecule has 0 unspecified atom stereocenters. The molecule has 0 aliphatic heterocycles. The first-order valence-corrected chi connectivity index (χ1v) is 7.35. The molecule has 0 aliphatic carbocycles. The first kappa shape index (κ1) is 17.2. The van der Waals surface area contributed by atoms with Gasteiger partial charge in [-0.25, -0.2) is 4.79 Å². The molecule has 1 aromatic rings. The number of likely N-dealkylation sites (N-methyl/N-ethyl adjacent to an activating group) is 1. The zero-order valence-corrected chi connectivity index (χ0v) is 13.5. The van der Waals surface area contributed by atoms with Crippen LogP contribution >= 0.6 is 0 Å². The van der Waals surface area contributed by atoms with Crippen LogP contribution < -0.4 is 4.90 Å². The van der Waals surface area contributed by atoms with E-state index in [0.29, 0.717) is 0 Å². The Morgan fingerprint density at radius 3 is 2.48 bits per heavy atom. The topological polar surface area (TPSA) is 43.8 Å². The Morgan fingerprint density at radius 1 is 1.24 bits per heavy atom. The quantitative estimate of drug-likeness (QED) is 0.748. The Bertz CT molecular complexity index is 496. The van der Waals surface area contributed by atoms with Crippen molar-refractivity contribution in [2.75, 3.05) is 38.6 Å². The number of carboxylic acids is 1. The predicted octanol–water partition coefficient (Wildman–Crippen LogP) is 2.87. The Labute approximate surface area is 127 Å². The summed E-state index contributed by atoms with van der Waals surface area (Å²) in [5.41, 5.74) is 3.24. The summed E-state index contributed by atoms with van der Waals surface area (Å²) in [4.78, 5) is 15.1. The standard InChI is InChI=1S/C17H26N2O2/c1-5-10-19(12-11-18(3)4)16-8-6-15(14(2)13-16)7-9-17(20)21/h6-9,13H,5,10-12H2,1-4H3,(H,20,21). The van der Waals surface area contributed by atoms with Gasteiger partial charge in [-0.15, -0.1) is 0 Å². The average molecular weight is 290 g/mol. The molecule has 1 rings (SSSR count). The minimum absolute atomic E-state index is 0.919. The minimum Gasteiger partial charge on any atom is -0.478 e. The smallest absolute Gasteiger partial charge is 0.328 e. The van der Waals surface area contributed by atoms with E-state index < -0.39 is 5.97 Å². The normalized spacial score (nSPS) is 11.3. The van der Waals surface area contributed by atoms with Gasteiger partial charge in [0.15, 0.2) is 0 Å². The molecule has 0 amide bonds. The molecule has 0 atom stereocenters. The van der Waals surface area contributed by atoms with Crippen molar-refractivity contribution >= 4 is 17.7 Å². The summed E-state index contributed by atoms with van der Waals surface area (Å²) in [5.74, 6) is -0.919. The number of hydrogen-bond acceptors (Lipinski definition) is 3. The van der Waals surface area contributed by atoms with Crippen LogP contribution in [0.2, 0.25) is 0 Å². The second-order valence-corrected chi connectivity index (χ2v) is 5.50. The lowest BCUT2D eigenvalue weighted by atomic mass is 10.1. The fourth-order valence-electron chi connectivity index (χ4n) is 2.17. The first-order chi connectivity index (χ1) is 9.93. The van der Waals surface area contributed by atoms with Crippen LogP contribution in [0.4, 0.5) is 5.69 Å². The number of hydrogen-bond donors (Lipinski definition) is 1. The van der Waals surface area contributed by atoms with Crippen molar-refractivity contribution < 1.29 is 9.90 Å². The maximum atomic E-state index is 10.6. The summed E-state index contributed by atoms with van der Waals surface area (Å²) < 4.78 is 0. The Balaban J connectivity index is 2.89. The highest BCUT2D eigenvalue weighted by atomic mass is 16.4. The molecule has 0 heterocycles. The third-order valence-corrected chi connectivity index (χ3v) is 3.33. The zero-order chi connectivity index (χ0) is 15.8. The molecular formula is C17H26N2O2. The number of rotatable bonds is 8. The van der Waals surface area contributed by atoms with Gasteiger partial charge in [0.1, 0.15) is 0 Å². The van der Waals surface area contributed by atoms with Crippen LogP contribution in [0.5, 0.6) is 0 Å². The van der Waals surface area contributed by atoms with Crippen molar-refractivity contribution in [1.82, 2.24) is 4.90 Å². The van der Waals surface area contributed by atoms with Gasteiger partial charge in [-0.1, -0.05) is 13.0 Å². The van der Waals surface area contributed by atoms with Crippen LogP contribution in [-0.4, -0.2) is 49.7 Å². The van der Waals surface area contributed by atoms with Gasteiger partial charge in [0.2, 0.25) is 0 Å². The molecule has 21 heavy (non-hydrogen) atoms. The molecule has 0 spiro atoms. The summed E-state index contributed by atoms with van der Waals surface area (Å²) >= 11 is 0. The molecule has 0 saturated carbocycles. The number of benzene rings is 1. The van der Waals surface area contributed by atoms with E-state index in [1.165, 1.54) is 11.8 Å². The van der Waals surface area contributed by atoms with Crippen LogP contribution in [0.1, 0.15) is 24.5 Å². The first-order valence-electron chi connectivity index (χ1n) is 7.35. The number of nitrogens with zero attached hydrogens (tertiary/aromatic N) is 2. The van der Waals surface area contributed by atoms with E-state index in [1.54, 1.807) is 6.08 Å². The van der Waals surface area contributed by atoms with Gasteiger partial charge in [-0.2, -0.15) is 0 Å². The predicted molar refractivity (Wildman–Crippen MR) is 88.9 cm³/mol. The highest BCUT2D eigenvalue weighted by molar-refractivity contribution is 5.85. The summed E-state index contributed by atoms with van der Waals surface area (Å²) in [6, 6.07) is 6.19. The lowest BCUT2D eigenvalue weighted by Gasteiger charge is -2.26. The highest BCUT2D eigenvalue weighted by Gasteiger charge is 2.07. The largest absolute Gasteiger partial charge is 0.478 e. The van der Waals surface area contributed by atoms with E-state index in [-0.39, 0.29) is 0 Å². The Hall–Kier alpha value is -1.81.